The number of hydrogen-bond donors (Lipinski definition) is 1. The Morgan fingerprint density at radius 3 is 2.59 bits per heavy atom. The average molecular weight is 252 g/mol. The summed E-state index contributed by atoms with van der Waals surface area (Å²) in [5.74, 6) is -0.488. The third-order valence-electron chi connectivity index (χ3n) is 2.32. The quantitative estimate of drug-likeness (QED) is 0.845. The summed E-state index contributed by atoms with van der Waals surface area (Å²) in [6.07, 6.45) is 3.53. The van der Waals surface area contributed by atoms with Crippen molar-refractivity contribution >= 4 is 22.2 Å². The molecule has 0 spiro atoms. The molecular formula is C11H12N2O3S. The zero-order valence-electron chi connectivity index (χ0n) is 9.04. The molecule has 90 valence electrons. The van der Waals surface area contributed by atoms with Gasteiger partial charge in [-0.05, 0) is 5.56 Å². The zero-order valence-corrected chi connectivity index (χ0v) is 9.85. The number of hydrogen-bond acceptors (Lipinski definition) is 3. The number of benzene rings is 1. The third-order valence-corrected chi connectivity index (χ3v) is 3.77. The third kappa shape index (κ3) is 2.92. The Labute approximate surface area is 99.9 Å². The summed E-state index contributed by atoms with van der Waals surface area (Å²) >= 11 is 0. The van der Waals surface area contributed by atoms with E-state index in [4.69, 9.17) is 0 Å². The average Bonchev–Trinajstić information content (AvgIpc) is 2.53. The van der Waals surface area contributed by atoms with E-state index in [1.165, 1.54) is 0 Å². The van der Waals surface area contributed by atoms with Crippen LogP contribution in [-0.4, -0.2) is 31.7 Å². The number of nitrogens with one attached hydrogen (secondary N) is 1. The normalized spacial score (nSPS) is 19.6. The van der Waals surface area contributed by atoms with Crippen LogP contribution in [0.1, 0.15) is 5.56 Å². The van der Waals surface area contributed by atoms with E-state index in [2.05, 4.69) is 0 Å². The fraction of sp³-hybridized carbons (Fsp3) is 0.182. The van der Waals surface area contributed by atoms with Gasteiger partial charge in [-0.3, -0.25) is 4.79 Å². The number of carbonyl (C=O) groups is 1. The van der Waals surface area contributed by atoms with Crippen LogP contribution >= 0.6 is 0 Å². The van der Waals surface area contributed by atoms with Crippen LogP contribution in [0, 0.1) is 0 Å². The van der Waals surface area contributed by atoms with E-state index < -0.39 is 16.1 Å². The van der Waals surface area contributed by atoms with Gasteiger partial charge in [-0.15, -0.1) is 0 Å². The van der Waals surface area contributed by atoms with Gasteiger partial charge in [-0.25, -0.2) is 4.72 Å². The van der Waals surface area contributed by atoms with Gasteiger partial charge in [0.25, 0.3) is 0 Å². The van der Waals surface area contributed by atoms with Crippen molar-refractivity contribution in [2.45, 2.75) is 0 Å². The summed E-state index contributed by atoms with van der Waals surface area (Å²) < 4.78 is 25.8. The molecule has 1 aliphatic rings. The van der Waals surface area contributed by atoms with Gasteiger partial charge >= 0.3 is 10.2 Å². The van der Waals surface area contributed by atoms with E-state index in [-0.39, 0.29) is 13.1 Å². The summed E-state index contributed by atoms with van der Waals surface area (Å²) in [7, 11) is -3.61. The standard InChI is InChI=1S/C11H12N2O3S/c14-11-9-13(17(15,16)12-11)8-4-7-10-5-2-1-3-6-10/h1-7H,8-9H2,(H,12,14)/b7-4+. The van der Waals surface area contributed by atoms with Crippen LogP contribution in [0.15, 0.2) is 36.4 Å². The van der Waals surface area contributed by atoms with Crippen LogP contribution in [0.25, 0.3) is 6.08 Å². The molecule has 2 rings (SSSR count). The minimum atomic E-state index is -3.61. The number of amides is 1. The molecule has 1 amide bonds. The monoisotopic (exact) mass is 252 g/mol. The van der Waals surface area contributed by atoms with Gasteiger partial charge in [0.15, 0.2) is 0 Å². The molecule has 0 unspecified atom stereocenters. The van der Waals surface area contributed by atoms with Crippen molar-refractivity contribution in [3.05, 3.63) is 42.0 Å². The van der Waals surface area contributed by atoms with Crippen molar-refractivity contribution < 1.29 is 13.2 Å². The largest absolute Gasteiger partial charge is 0.304 e. The predicted octanol–water partition coefficient (Wildman–Crippen LogP) is 0.376. The van der Waals surface area contributed by atoms with Gasteiger partial charge in [-0.1, -0.05) is 42.5 Å². The Kier molecular flexibility index (Phi) is 3.26. The molecule has 1 aliphatic heterocycles. The first-order chi connectivity index (χ1) is 8.08. The molecule has 1 aromatic rings. The molecule has 1 heterocycles. The van der Waals surface area contributed by atoms with E-state index in [1.807, 2.05) is 41.1 Å². The van der Waals surface area contributed by atoms with Gasteiger partial charge < -0.3 is 0 Å². The summed E-state index contributed by atoms with van der Waals surface area (Å²) in [6.45, 7) is 0.0808. The molecule has 0 atom stereocenters. The first kappa shape index (κ1) is 11.8. The summed E-state index contributed by atoms with van der Waals surface area (Å²) in [4.78, 5) is 10.9. The first-order valence-electron chi connectivity index (χ1n) is 5.10. The Balaban J connectivity index is 2.00. The zero-order chi connectivity index (χ0) is 12.3. The molecule has 1 fully saturated rings. The van der Waals surface area contributed by atoms with E-state index in [0.29, 0.717) is 0 Å². The second kappa shape index (κ2) is 4.68. The summed E-state index contributed by atoms with van der Waals surface area (Å²) in [5.41, 5.74) is 0.989. The Bertz CT molecular complexity index is 537. The lowest BCUT2D eigenvalue weighted by molar-refractivity contribution is -0.118. The molecule has 1 aromatic carbocycles. The lowest BCUT2D eigenvalue weighted by atomic mass is 10.2. The maximum absolute atomic E-state index is 11.4. The van der Waals surface area contributed by atoms with Crippen LogP contribution in [-0.2, 0) is 15.0 Å². The highest BCUT2D eigenvalue weighted by molar-refractivity contribution is 7.88. The molecular weight excluding hydrogens is 240 g/mol. The van der Waals surface area contributed by atoms with Crippen molar-refractivity contribution in [2.75, 3.05) is 13.1 Å². The van der Waals surface area contributed by atoms with Gasteiger partial charge in [0.2, 0.25) is 5.91 Å². The predicted molar refractivity (Wildman–Crippen MR) is 64.1 cm³/mol. The fourth-order valence-electron chi connectivity index (χ4n) is 1.52. The van der Waals surface area contributed by atoms with Gasteiger partial charge in [0.05, 0.1) is 6.54 Å². The minimum absolute atomic E-state index is 0.110. The maximum Gasteiger partial charge on any atom is 0.304 e. The van der Waals surface area contributed by atoms with Crippen molar-refractivity contribution in [2.24, 2.45) is 0 Å². The van der Waals surface area contributed by atoms with E-state index in [1.54, 1.807) is 6.08 Å². The van der Waals surface area contributed by atoms with E-state index in [9.17, 15) is 13.2 Å². The Morgan fingerprint density at radius 2 is 2.00 bits per heavy atom. The molecule has 1 saturated heterocycles. The van der Waals surface area contributed by atoms with Gasteiger partial charge in [0.1, 0.15) is 0 Å². The topological polar surface area (TPSA) is 66.5 Å². The smallest absolute Gasteiger partial charge is 0.272 e. The van der Waals surface area contributed by atoms with Crippen LogP contribution in [0.5, 0.6) is 0 Å². The molecule has 0 saturated carbocycles. The highest BCUT2D eigenvalue weighted by Crippen LogP contribution is 2.06. The van der Waals surface area contributed by atoms with Crippen LogP contribution < -0.4 is 4.72 Å². The number of rotatable bonds is 3. The molecule has 0 radical (unpaired) electrons. The van der Waals surface area contributed by atoms with E-state index >= 15 is 0 Å². The van der Waals surface area contributed by atoms with Crippen LogP contribution in [0.4, 0.5) is 0 Å². The van der Waals surface area contributed by atoms with Gasteiger partial charge in [0, 0.05) is 6.54 Å². The lowest BCUT2D eigenvalue weighted by Gasteiger charge is -2.08. The first-order valence-corrected chi connectivity index (χ1v) is 6.54. The highest BCUT2D eigenvalue weighted by atomic mass is 32.2. The minimum Gasteiger partial charge on any atom is -0.272 e. The van der Waals surface area contributed by atoms with Crippen molar-refractivity contribution in [3.63, 3.8) is 0 Å². The highest BCUT2D eigenvalue weighted by Gasteiger charge is 2.32. The molecule has 6 heteroatoms. The second-order valence-electron chi connectivity index (χ2n) is 3.64. The second-order valence-corrected chi connectivity index (χ2v) is 5.31. The maximum atomic E-state index is 11.4. The molecule has 0 bridgehead atoms. The van der Waals surface area contributed by atoms with Crippen LogP contribution in [0.3, 0.4) is 0 Å². The Hall–Kier alpha value is -1.66. The van der Waals surface area contributed by atoms with Crippen molar-refractivity contribution in [3.8, 4) is 0 Å². The molecule has 1 N–H and O–H groups in total. The molecule has 0 aliphatic carbocycles. The number of nitrogens with zero attached hydrogens (tertiary/aromatic N) is 1. The Morgan fingerprint density at radius 1 is 1.29 bits per heavy atom. The molecule has 5 nitrogen and oxygen atoms in total. The lowest BCUT2D eigenvalue weighted by Crippen LogP contribution is -2.29. The summed E-state index contributed by atoms with van der Waals surface area (Å²) in [6, 6.07) is 9.54. The SMILES string of the molecule is O=C1CN(C/C=C/c2ccccc2)S(=O)(=O)N1. The van der Waals surface area contributed by atoms with Crippen LogP contribution in [0.2, 0.25) is 0 Å². The summed E-state index contributed by atoms with van der Waals surface area (Å²) in [5, 5.41) is 0. The molecule has 17 heavy (non-hydrogen) atoms. The van der Waals surface area contributed by atoms with Gasteiger partial charge in [-0.2, -0.15) is 12.7 Å². The van der Waals surface area contributed by atoms with E-state index in [0.717, 1.165) is 9.87 Å². The molecule has 0 aromatic heterocycles. The fourth-order valence-corrected chi connectivity index (χ4v) is 2.57. The van der Waals surface area contributed by atoms with Crippen molar-refractivity contribution in [1.82, 2.24) is 9.03 Å². The van der Waals surface area contributed by atoms with Crippen molar-refractivity contribution in [1.29, 1.82) is 0 Å². The number of carbonyl (C=O) groups excluding carboxylic acids is 1.